The Balaban J connectivity index is 1.68. The Kier molecular flexibility index (Phi) is 4.45. The van der Waals surface area contributed by atoms with Crippen LogP contribution in [0.15, 0.2) is 28.7 Å². The molecule has 0 atom stereocenters. The van der Waals surface area contributed by atoms with E-state index in [1.165, 1.54) is 21.3 Å². The Bertz CT molecular complexity index is 608. The van der Waals surface area contributed by atoms with E-state index in [1.54, 1.807) is 0 Å². The Labute approximate surface area is 134 Å². The topological polar surface area (TPSA) is 29.9 Å². The van der Waals surface area contributed by atoms with Crippen molar-refractivity contribution in [3.8, 4) is 0 Å². The van der Waals surface area contributed by atoms with E-state index >= 15 is 0 Å². The van der Waals surface area contributed by atoms with Crippen LogP contribution in [0.1, 0.15) is 36.4 Å². The summed E-state index contributed by atoms with van der Waals surface area (Å²) in [7, 11) is 0. The van der Waals surface area contributed by atoms with Crippen LogP contribution in [-0.2, 0) is 32.4 Å². The van der Waals surface area contributed by atoms with Crippen LogP contribution in [0.4, 0.5) is 0 Å². The number of benzene rings is 1. The largest absolute Gasteiger partial charge is 0.308 e. The summed E-state index contributed by atoms with van der Waals surface area (Å²) in [6, 6.07) is 9.31. The van der Waals surface area contributed by atoms with Crippen LogP contribution in [0.25, 0.3) is 0 Å². The lowest BCUT2D eigenvalue weighted by Gasteiger charge is -2.13. The maximum Gasteiger partial charge on any atom is 0.0767 e. The van der Waals surface area contributed by atoms with Crippen molar-refractivity contribution in [2.24, 2.45) is 0 Å². The number of rotatable bonds is 5. The number of aryl methyl sites for hydroxylation is 2. The van der Waals surface area contributed by atoms with Crippen molar-refractivity contribution >= 4 is 15.9 Å². The van der Waals surface area contributed by atoms with Gasteiger partial charge in [-0.25, -0.2) is 0 Å². The van der Waals surface area contributed by atoms with E-state index in [1.807, 2.05) is 0 Å². The molecule has 21 heavy (non-hydrogen) atoms. The molecule has 112 valence electrons. The average Bonchev–Trinajstić information content (AvgIpc) is 3.05. The summed E-state index contributed by atoms with van der Waals surface area (Å²) in [5, 5.41) is 8.37. The molecule has 1 aromatic heterocycles. The van der Waals surface area contributed by atoms with Gasteiger partial charge in [-0.15, -0.1) is 0 Å². The predicted molar refractivity (Wildman–Crippen MR) is 89.5 cm³/mol. The molecular formula is C17H22BrN3. The highest BCUT2D eigenvalue weighted by Crippen LogP contribution is 2.24. The number of hydrogen-bond acceptors (Lipinski definition) is 2. The van der Waals surface area contributed by atoms with Crippen LogP contribution in [0, 0.1) is 0 Å². The molecule has 1 aliphatic rings. The highest BCUT2D eigenvalue weighted by molar-refractivity contribution is 9.10. The van der Waals surface area contributed by atoms with E-state index < -0.39 is 0 Å². The van der Waals surface area contributed by atoms with Crippen molar-refractivity contribution in [2.75, 3.05) is 0 Å². The summed E-state index contributed by atoms with van der Waals surface area (Å²) in [5.74, 6) is 0. The number of nitrogens with zero attached hydrogens (tertiary/aromatic N) is 2. The van der Waals surface area contributed by atoms with Crippen LogP contribution in [0.5, 0.6) is 0 Å². The van der Waals surface area contributed by atoms with Gasteiger partial charge in [-0.2, -0.15) is 5.10 Å². The number of aromatic nitrogens is 2. The molecule has 1 aromatic carbocycles. The summed E-state index contributed by atoms with van der Waals surface area (Å²) in [5.41, 5.74) is 5.41. The zero-order valence-corrected chi connectivity index (χ0v) is 14.3. The standard InChI is InChI=1S/C17H22BrN3/c1-3-15-17(18)16(21(4-2)20-15)11-19-14-9-12-7-5-6-8-13(12)10-14/h5-8,14,19H,3-4,9-11H2,1-2H3. The zero-order valence-electron chi connectivity index (χ0n) is 12.7. The van der Waals surface area contributed by atoms with Crippen molar-refractivity contribution in [1.82, 2.24) is 15.1 Å². The van der Waals surface area contributed by atoms with Gasteiger partial charge < -0.3 is 5.32 Å². The molecule has 2 aromatic rings. The fourth-order valence-corrected chi connectivity index (χ4v) is 3.83. The molecule has 0 bridgehead atoms. The summed E-state index contributed by atoms with van der Waals surface area (Å²) in [6.45, 7) is 6.09. The van der Waals surface area contributed by atoms with Gasteiger partial charge in [0.15, 0.2) is 0 Å². The Morgan fingerprint density at radius 3 is 2.48 bits per heavy atom. The smallest absolute Gasteiger partial charge is 0.0767 e. The number of fused-ring (bicyclic) bond motifs is 1. The third-order valence-corrected chi connectivity index (χ3v) is 5.22. The lowest BCUT2D eigenvalue weighted by atomic mass is 10.1. The van der Waals surface area contributed by atoms with Crippen LogP contribution < -0.4 is 5.32 Å². The van der Waals surface area contributed by atoms with Gasteiger partial charge in [0.05, 0.1) is 15.9 Å². The van der Waals surface area contributed by atoms with Crippen LogP contribution in [0.2, 0.25) is 0 Å². The minimum atomic E-state index is 0.541. The second-order valence-corrected chi connectivity index (χ2v) is 6.42. The molecular weight excluding hydrogens is 326 g/mol. The highest BCUT2D eigenvalue weighted by atomic mass is 79.9. The maximum atomic E-state index is 4.66. The fraction of sp³-hybridized carbons (Fsp3) is 0.471. The fourth-order valence-electron chi connectivity index (χ4n) is 3.13. The number of halogens is 1. The van der Waals surface area contributed by atoms with Crippen LogP contribution in [0.3, 0.4) is 0 Å². The third-order valence-electron chi connectivity index (χ3n) is 4.30. The van der Waals surface area contributed by atoms with Crippen molar-refractivity contribution in [2.45, 2.75) is 52.2 Å². The van der Waals surface area contributed by atoms with E-state index in [-0.39, 0.29) is 0 Å². The average molecular weight is 348 g/mol. The minimum Gasteiger partial charge on any atom is -0.308 e. The van der Waals surface area contributed by atoms with E-state index in [4.69, 9.17) is 0 Å². The van der Waals surface area contributed by atoms with Gasteiger partial charge in [0, 0.05) is 19.1 Å². The van der Waals surface area contributed by atoms with Crippen LogP contribution in [-0.4, -0.2) is 15.8 Å². The minimum absolute atomic E-state index is 0.541. The molecule has 3 nitrogen and oxygen atoms in total. The lowest BCUT2D eigenvalue weighted by Crippen LogP contribution is -2.30. The normalized spacial score (nSPS) is 14.6. The van der Waals surface area contributed by atoms with Crippen molar-refractivity contribution < 1.29 is 0 Å². The molecule has 1 heterocycles. The third kappa shape index (κ3) is 2.92. The molecule has 0 saturated carbocycles. The second kappa shape index (κ2) is 6.32. The summed E-state index contributed by atoms with van der Waals surface area (Å²) in [4.78, 5) is 0. The van der Waals surface area contributed by atoms with E-state index in [2.05, 4.69) is 69.1 Å². The van der Waals surface area contributed by atoms with Gasteiger partial charge in [0.2, 0.25) is 0 Å². The molecule has 4 heteroatoms. The molecule has 1 aliphatic carbocycles. The van der Waals surface area contributed by atoms with Crippen molar-refractivity contribution in [3.05, 3.63) is 51.3 Å². The molecule has 0 amide bonds. The number of nitrogens with one attached hydrogen (secondary N) is 1. The van der Waals surface area contributed by atoms with Gasteiger partial charge in [-0.05, 0) is 53.2 Å². The molecule has 0 spiro atoms. The van der Waals surface area contributed by atoms with Gasteiger partial charge in [0.1, 0.15) is 0 Å². The first-order valence-electron chi connectivity index (χ1n) is 7.77. The zero-order chi connectivity index (χ0) is 14.8. The maximum absolute atomic E-state index is 4.66. The summed E-state index contributed by atoms with van der Waals surface area (Å²) < 4.78 is 3.28. The SMILES string of the molecule is CCc1nn(CC)c(CNC2Cc3ccccc3C2)c1Br. The molecule has 1 N–H and O–H groups in total. The van der Waals surface area contributed by atoms with Crippen molar-refractivity contribution in [1.29, 1.82) is 0 Å². The molecule has 0 unspecified atom stereocenters. The van der Waals surface area contributed by atoms with Crippen LogP contribution >= 0.6 is 15.9 Å². The first-order chi connectivity index (χ1) is 10.2. The van der Waals surface area contributed by atoms with E-state index in [9.17, 15) is 0 Å². The molecule has 0 radical (unpaired) electrons. The Morgan fingerprint density at radius 1 is 1.24 bits per heavy atom. The van der Waals surface area contributed by atoms with E-state index in [0.29, 0.717) is 6.04 Å². The molecule has 3 rings (SSSR count). The first kappa shape index (κ1) is 14.8. The number of hydrogen-bond donors (Lipinski definition) is 1. The second-order valence-electron chi connectivity index (χ2n) is 5.63. The Hall–Kier alpha value is -1.13. The summed E-state index contributed by atoms with van der Waals surface area (Å²) >= 11 is 3.72. The van der Waals surface area contributed by atoms with Gasteiger partial charge in [0.25, 0.3) is 0 Å². The molecule has 0 fully saturated rings. The first-order valence-corrected chi connectivity index (χ1v) is 8.56. The lowest BCUT2D eigenvalue weighted by molar-refractivity contribution is 0.503. The van der Waals surface area contributed by atoms with Gasteiger partial charge in [-0.3, -0.25) is 4.68 Å². The molecule has 0 aliphatic heterocycles. The quantitative estimate of drug-likeness (QED) is 0.897. The Morgan fingerprint density at radius 2 is 1.90 bits per heavy atom. The van der Waals surface area contributed by atoms with E-state index in [0.717, 1.165) is 38.0 Å². The molecule has 0 saturated heterocycles. The summed E-state index contributed by atoms with van der Waals surface area (Å²) in [6.07, 6.45) is 3.23. The predicted octanol–water partition coefficient (Wildman–Crippen LogP) is 3.48. The van der Waals surface area contributed by atoms with Crippen molar-refractivity contribution in [3.63, 3.8) is 0 Å². The monoisotopic (exact) mass is 347 g/mol. The van der Waals surface area contributed by atoms with Gasteiger partial charge >= 0.3 is 0 Å². The highest BCUT2D eigenvalue weighted by Gasteiger charge is 2.21. The van der Waals surface area contributed by atoms with Gasteiger partial charge in [-0.1, -0.05) is 31.2 Å².